The summed E-state index contributed by atoms with van der Waals surface area (Å²) in [4.78, 5) is 33.1. The number of carbonyl (C=O) groups is 3. The van der Waals surface area contributed by atoms with Gasteiger partial charge in [0.05, 0.1) is 7.11 Å². The number of esters is 1. The van der Waals surface area contributed by atoms with Crippen LogP contribution in [-0.2, 0) is 14.3 Å². The highest BCUT2D eigenvalue weighted by molar-refractivity contribution is 6.65. The molecule has 1 aromatic carbocycles. The van der Waals surface area contributed by atoms with E-state index in [1.165, 1.54) is 12.1 Å². The van der Waals surface area contributed by atoms with Gasteiger partial charge in [0.25, 0.3) is 0 Å². The minimum atomic E-state index is -1.15. The number of methoxy groups -OCH3 is 1. The third-order valence-corrected chi connectivity index (χ3v) is 1.61. The Hall–Kier alpha value is -1.97. The predicted octanol–water partition coefficient (Wildman–Crippen LogP) is 0.611. The quantitative estimate of drug-likeness (QED) is 0.304. The normalized spacial score (nSPS) is 9.21. The van der Waals surface area contributed by atoms with Gasteiger partial charge in [-0.1, -0.05) is 30.3 Å². The fourth-order valence-electron chi connectivity index (χ4n) is 0.906. The molecule has 0 bridgehead atoms. The number of rotatable bonds is 3. The van der Waals surface area contributed by atoms with E-state index < -0.39 is 17.5 Å². The number of ether oxygens (including phenoxy) is 1. The lowest BCUT2D eigenvalue weighted by molar-refractivity contribution is -0.149. The van der Waals surface area contributed by atoms with Crippen molar-refractivity contribution in [3.63, 3.8) is 0 Å². The summed E-state index contributed by atoms with van der Waals surface area (Å²) in [6, 6.07) is 7.85. The van der Waals surface area contributed by atoms with Gasteiger partial charge in [-0.15, -0.1) is 0 Å². The van der Waals surface area contributed by atoms with Crippen molar-refractivity contribution in [1.29, 1.82) is 0 Å². The molecule has 4 heteroatoms. The van der Waals surface area contributed by atoms with E-state index in [0.29, 0.717) is 0 Å². The molecule has 0 aliphatic rings. The zero-order valence-corrected chi connectivity index (χ0v) is 7.52. The van der Waals surface area contributed by atoms with Gasteiger partial charge in [0.15, 0.2) is 0 Å². The van der Waals surface area contributed by atoms with Crippen LogP contribution in [0.5, 0.6) is 0 Å². The molecule has 0 fully saturated rings. The zero-order chi connectivity index (χ0) is 10.6. The topological polar surface area (TPSA) is 60.4 Å². The molecule has 0 aromatic heterocycles. The number of benzene rings is 1. The molecule has 1 aromatic rings. The van der Waals surface area contributed by atoms with Crippen LogP contribution < -0.4 is 0 Å². The fraction of sp³-hybridized carbons (Fsp3) is 0.100. The van der Waals surface area contributed by atoms with Gasteiger partial charge in [0, 0.05) is 5.56 Å². The predicted molar refractivity (Wildman–Crippen MR) is 47.8 cm³/mol. The van der Waals surface area contributed by atoms with Crippen LogP contribution in [0.3, 0.4) is 0 Å². The van der Waals surface area contributed by atoms with Gasteiger partial charge >= 0.3 is 11.8 Å². The summed E-state index contributed by atoms with van der Waals surface area (Å²) in [5.74, 6) is -3.14. The van der Waals surface area contributed by atoms with E-state index >= 15 is 0 Å². The Balaban J connectivity index is 2.87. The second kappa shape index (κ2) is 4.32. The average Bonchev–Trinajstić information content (AvgIpc) is 2.27. The maximum absolute atomic E-state index is 11.3. The number of carbonyl (C=O) groups excluding carboxylic acids is 3. The Bertz CT molecular complexity index is 367. The molecule has 0 saturated carbocycles. The van der Waals surface area contributed by atoms with Gasteiger partial charge < -0.3 is 4.74 Å². The van der Waals surface area contributed by atoms with Crippen molar-refractivity contribution in [2.45, 2.75) is 0 Å². The molecule has 0 atom stereocenters. The lowest BCUT2D eigenvalue weighted by Gasteiger charge is -1.97. The summed E-state index contributed by atoms with van der Waals surface area (Å²) < 4.78 is 4.15. The van der Waals surface area contributed by atoms with Crippen molar-refractivity contribution in [3.8, 4) is 0 Å². The number of hydrogen-bond acceptors (Lipinski definition) is 4. The molecule has 0 aliphatic heterocycles. The highest BCUT2D eigenvalue weighted by Crippen LogP contribution is 2.01. The fourth-order valence-corrected chi connectivity index (χ4v) is 0.906. The average molecular weight is 192 g/mol. The molecule has 0 unspecified atom stereocenters. The van der Waals surface area contributed by atoms with Crippen molar-refractivity contribution < 1.29 is 19.1 Å². The summed E-state index contributed by atoms with van der Waals surface area (Å²) in [5, 5.41) is 0. The maximum Gasteiger partial charge on any atom is 0.383 e. The summed E-state index contributed by atoms with van der Waals surface area (Å²) in [7, 11) is 1.05. The Labute approximate surface area is 80.5 Å². The van der Waals surface area contributed by atoms with Crippen LogP contribution in [0.25, 0.3) is 0 Å². The largest absolute Gasteiger partial charge is 0.463 e. The molecule has 72 valence electrons. The minimum absolute atomic E-state index is 0.183. The molecule has 0 N–H and O–H groups in total. The number of ketones is 2. The van der Waals surface area contributed by atoms with Crippen LogP contribution in [0.15, 0.2) is 30.3 Å². The first-order valence-electron chi connectivity index (χ1n) is 3.89. The highest BCUT2D eigenvalue weighted by Gasteiger charge is 2.24. The Morgan fingerprint density at radius 1 is 1.07 bits per heavy atom. The molecule has 0 aliphatic carbocycles. The van der Waals surface area contributed by atoms with E-state index in [-0.39, 0.29) is 5.56 Å². The molecule has 0 amide bonds. The van der Waals surface area contributed by atoms with Crippen molar-refractivity contribution >= 4 is 17.5 Å². The Morgan fingerprint density at radius 2 is 1.64 bits per heavy atom. The first-order chi connectivity index (χ1) is 6.66. The van der Waals surface area contributed by atoms with E-state index in [2.05, 4.69) is 4.74 Å². The standard InChI is InChI=1S/C10H8O4/c1-14-10(13)9(12)8(11)7-5-3-2-4-6-7/h2-6H,1H3. The number of hydrogen-bond donors (Lipinski definition) is 0. The SMILES string of the molecule is COC(=O)C(=O)C(=O)c1ccccc1. The van der Waals surface area contributed by atoms with E-state index in [1.54, 1.807) is 18.2 Å². The summed E-state index contributed by atoms with van der Waals surface area (Å²) >= 11 is 0. The van der Waals surface area contributed by atoms with E-state index in [0.717, 1.165) is 7.11 Å². The van der Waals surface area contributed by atoms with Crippen LogP contribution in [-0.4, -0.2) is 24.6 Å². The van der Waals surface area contributed by atoms with E-state index in [9.17, 15) is 14.4 Å². The third kappa shape index (κ3) is 2.04. The Kier molecular flexibility index (Phi) is 3.12. The second-order valence-corrected chi connectivity index (χ2v) is 2.52. The molecule has 0 saturated heterocycles. The smallest absolute Gasteiger partial charge is 0.383 e. The van der Waals surface area contributed by atoms with Crippen molar-refractivity contribution in [3.05, 3.63) is 35.9 Å². The first-order valence-corrected chi connectivity index (χ1v) is 3.89. The third-order valence-electron chi connectivity index (χ3n) is 1.61. The van der Waals surface area contributed by atoms with E-state index in [4.69, 9.17) is 0 Å². The second-order valence-electron chi connectivity index (χ2n) is 2.52. The first kappa shape index (κ1) is 10.1. The zero-order valence-electron chi connectivity index (χ0n) is 7.52. The van der Waals surface area contributed by atoms with Gasteiger partial charge in [-0.2, -0.15) is 0 Å². The molecule has 0 radical (unpaired) electrons. The molecular weight excluding hydrogens is 184 g/mol. The van der Waals surface area contributed by atoms with Gasteiger partial charge in [0.1, 0.15) is 0 Å². The van der Waals surface area contributed by atoms with Crippen molar-refractivity contribution in [1.82, 2.24) is 0 Å². The Morgan fingerprint density at radius 3 is 2.14 bits per heavy atom. The van der Waals surface area contributed by atoms with E-state index in [1.807, 2.05) is 0 Å². The minimum Gasteiger partial charge on any atom is -0.463 e. The number of Topliss-reactive ketones (excluding diaryl/α,β-unsaturated/α-hetero) is 2. The van der Waals surface area contributed by atoms with Gasteiger partial charge in [-0.05, 0) is 0 Å². The molecule has 1 rings (SSSR count). The highest BCUT2D eigenvalue weighted by atomic mass is 16.5. The van der Waals surface area contributed by atoms with Crippen LogP contribution in [0.1, 0.15) is 10.4 Å². The van der Waals surface area contributed by atoms with Crippen molar-refractivity contribution in [2.24, 2.45) is 0 Å². The molecular formula is C10H8O4. The lowest BCUT2D eigenvalue weighted by atomic mass is 10.1. The molecule has 4 nitrogen and oxygen atoms in total. The van der Waals surface area contributed by atoms with Crippen LogP contribution in [0, 0.1) is 0 Å². The molecule has 0 heterocycles. The van der Waals surface area contributed by atoms with Gasteiger partial charge in [-0.3, -0.25) is 9.59 Å². The molecule has 0 spiro atoms. The van der Waals surface area contributed by atoms with Gasteiger partial charge in [0.2, 0.25) is 5.78 Å². The van der Waals surface area contributed by atoms with Crippen LogP contribution in [0.2, 0.25) is 0 Å². The maximum atomic E-state index is 11.3. The molecule has 14 heavy (non-hydrogen) atoms. The van der Waals surface area contributed by atoms with Gasteiger partial charge in [-0.25, -0.2) is 4.79 Å². The monoisotopic (exact) mass is 192 g/mol. The lowest BCUT2D eigenvalue weighted by Crippen LogP contribution is -2.24. The summed E-state index contributed by atoms with van der Waals surface area (Å²) in [5.41, 5.74) is 0.183. The summed E-state index contributed by atoms with van der Waals surface area (Å²) in [6.45, 7) is 0. The van der Waals surface area contributed by atoms with Crippen LogP contribution in [0.4, 0.5) is 0 Å². The summed E-state index contributed by atoms with van der Waals surface area (Å²) in [6.07, 6.45) is 0. The van der Waals surface area contributed by atoms with Crippen molar-refractivity contribution in [2.75, 3.05) is 7.11 Å². The van der Waals surface area contributed by atoms with Crippen LogP contribution >= 0.6 is 0 Å².